The molecule has 0 spiro atoms. The van der Waals surface area contributed by atoms with Gasteiger partial charge in [-0.3, -0.25) is 24.0 Å². The van der Waals surface area contributed by atoms with Crippen molar-refractivity contribution in [2.24, 2.45) is 17.2 Å². The fourth-order valence-electron chi connectivity index (χ4n) is 2.25. The van der Waals surface area contributed by atoms with E-state index in [0.717, 1.165) is 6.42 Å². The van der Waals surface area contributed by atoms with Gasteiger partial charge in [0.05, 0.1) is 6.04 Å². The number of unbranched alkanes of at least 4 members (excludes halogenated alkanes) is 1. The largest absolute Gasteiger partial charge is 0.480 e. The second-order valence-electron chi connectivity index (χ2n) is 6.76. The number of nitrogens with one attached hydrogen (secondary N) is 3. The Hall–Kier alpha value is -2.73. The number of hydrogen-bond donors (Lipinski definition) is 7. The quantitative estimate of drug-likeness (QED) is 0.147. The number of amides is 4. The Morgan fingerprint density at radius 3 is 1.97 bits per heavy atom. The predicted molar refractivity (Wildman–Crippen MR) is 104 cm³/mol. The zero-order valence-electron chi connectivity index (χ0n) is 16.8. The predicted octanol–water partition coefficient (Wildman–Crippen LogP) is -2.71. The summed E-state index contributed by atoms with van der Waals surface area (Å²) >= 11 is 0. The first-order valence-electron chi connectivity index (χ1n) is 9.37. The molecule has 0 aliphatic rings. The van der Waals surface area contributed by atoms with Gasteiger partial charge in [-0.05, 0) is 39.7 Å². The van der Waals surface area contributed by atoms with Crippen LogP contribution in [0.1, 0.15) is 46.0 Å². The molecule has 0 heterocycles. The maximum absolute atomic E-state index is 12.3. The Morgan fingerprint density at radius 2 is 1.45 bits per heavy atom. The maximum atomic E-state index is 12.3. The molecule has 166 valence electrons. The van der Waals surface area contributed by atoms with Crippen LogP contribution in [-0.4, -0.2) is 65.4 Å². The van der Waals surface area contributed by atoms with Crippen LogP contribution in [0.5, 0.6) is 0 Å². The molecule has 0 aromatic carbocycles. The van der Waals surface area contributed by atoms with Crippen molar-refractivity contribution in [3.63, 3.8) is 0 Å². The van der Waals surface area contributed by atoms with E-state index in [1.54, 1.807) is 0 Å². The Morgan fingerprint density at radius 1 is 0.862 bits per heavy atom. The van der Waals surface area contributed by atoms with Crippen molar-refractivity contribution < 1.29 is 29.1 Å². The molecule has 0 saturated heterocycles. The van der Waals surface area contributed by atoms with Crippen molar-refractivity contribution in [2.75, 3.05) is 6.54 Å². The van der Waals surface area contributed by atoms with Crippen LogP contribution in [0.2, 0.25) is 0 Å². The second-order valence-corrected chi connectivity index (χ2v) is 6.76. The van der Waals surface area contributed by atoms with E-state index in [4.69, 9.17) is 22.3 Å². The summed E-state index contributed by atoms with van der Waals surface area (Å²) in [6.07, 6.45) is 1.48. The fourth-order valence-corrected chi connectivity index (χ4v) is 2.25. The highest BCUT2D eigenvalue weighted by molar-refractivity contribution is 5.94. The Balaban J connectivity index is 4.87. The standard InChI is InChI=1S/C17H32N6O6/c1-9(21-15(26)11(19)5-3-4-8-18)14(25)23-12(6-7-13(20)24)16(27)22-10(2)17(28)29/h9-12H,3-8,18-19H2,1-2H3,(H2,20,24)(H,21,26)(H,22,27)(H,23,25)(H,28,29). The van der Waals surface area contributed by atoms with E-state index in [1.807, 2.05) is 0 Å². The average Bonchev–Trinajstić information content (AvgIpc) is 2.64. The van der Waals surface area contributed by atoms with Gasteiger partial charge in [-0.25, -0.2) is 0 Å². The van der Waals surface area contributed by atoms with Gasteiger partial charge >= 0.3 is 5.97 Å². The van der Waals surface area contributed by atoms with Gasteiger partial charge in [0.15, 0.2) is 0 Å². The fraction of sp³-hybridized carbons (Fsp3) is 0.706. The third-order valence-electron chi connectivity index (χ3n) is 4.10. The third-order valence-corrected chi connectivity index (χ3v) is 4.10. The first kappa shape index (κ1) is 26.3. The van der Waals surface area contributed by atoms with E-state index < -0.39 is 53.8 Å². The number of carboxylic acid groups (broad SMARTS) is 1. The number of primary amides is 1. The van der Waals surface area contributed by atoms with Gasteiger partial charge in [0.1, 0.15) is 18.1 Å². The monoisotopic (exact) mass is 416 g/mol. The van der Waals surface area contributed by atoms with Crippen LogP contribution in [0.4, 0.5) is 0 Å². The summed E-state index contributed by atoms with van der Waals surface area (Å²) in [6.45, 7) is 3.15. The first-order valence-corrected chi connectivity index (χ1v) is 9.37. The molecule has 4 atom stereocenters. The van der Waals surface area contributed by atoms with Crippen LogP contribution in [0.3, 0.4) is 0 Å². The van der Waals surface area contributed by atoms with Gasteiger partial charge in [0.25, 0.3) is 0 Å². The maximum Gasteiger partial charge on any atom is 0.325 e. The third kappa shape index (κ3) is 11.0. The minimum atomic E-state index is -1.26. The summed E-state index contributed by atoms with van der Waals surface area (Å²) < 4.78 is 0. The number of carbonyl (C=O) groups is 5. The molecule has 0 bridgehead atoms. The highest BCUT2D eigenvalue weighted by Gasteiger charge is 2.27. The van der Waals surface area contributed by atoms with Gasteiger partial charge in [0.2, 0.25) is 23.6 Å². The van der Waals surface area contributed by atoms with E-state index >= 15 is 0 Å². The van der Waals surface area contributed by atoms with Crippen LogP contribution in [0.15, 0.2) is 0 Å². The molecular weight excluding hydrogens is 384 g/mol. The van der Waals surface area contributed by atoms with Crippen molar-refractivity contribution in [3.8, 4) is 0 Å². The number of carbonyl (C=O) groups excluding carboxylic acids is 4. The van der Waals surface area contributed by atoms with Crippen LogP contribution in [0.25, 0.3) is 0 Å². The van der Waals surface area contributed by atoms with Crippen LogP contribution >= 0.6 is 0 Å². The smallest absolute Gasteiger partial charge is 0.325 e. The lowest BCUT2D eigenvalue weighted by Crippen LogP contribution is -2.56. The molecule has 29 heavy (non-hydrogen) atoms. The number of aliphatic carboxylic acids is 1. The summed E-state index contributed by atoms with van der Waals surface area (Å²) in [5.41, 5.74) is 16.2. The van der Waals surface area contributed by atoms with Gasteiger partial charge in [-0.15, -0.1) is 0 Å². The number of hydrogen-bond acceptors (Lipinski definition) is 7. The van der Waals surface area contributed by atoms with Gasteiger partial charge in [-0.1, -0.05) is 6.42 Å². The van der Waals surface area contributed by atoms with Gasteiger partial charge in [0, 0.05) is 6.42 Å². The topological polar surface area (TPSA) is 220 Å². The molecule has 4 unspecified atom stereocenters. The first-order chi connectivity index (χ1) is 13.5. The summed E-state index contributed by atoms with van der Waals surface area (Å²) in [5, 5.41) is 15.9. The molecule has 0 aliphatic carbocycles. The molecule has 0 aromatic rings. The van der Waals surface area contributed by atoms with Crippen LogP contribution in [-0.2, 0) is 24.0 Å². The van der Waals surface area contributed by atoms with Crippen molar-refractivity contribution in [1.29, 1.82) is 0 Å². The molecular formula is C17H32N6O6. The zero-order valence-corrected chi connectivity index (χ0v) is 16.8. The lowest BCUT2D eigenvalue weighted by Gasteiger charge is -2.22. The van der Waals surface area contributed by atoms with E-state index in [9.17, 15) is 24.0 Å². The van der Waals surface area contributed by atoms with Crippen LogP contribution in [0, 0.1) is 0 Å². The zero-order chi connectivity index (χ0) is 22.6. The molecule has 0 rings (SSSR count). The molecule has 4 amide bonds. The minimum absolute atomic E-state index is 0.126. The molecule has 0 fully saturated rings. The van der Waals surface area contributed by atoms with Gasteiger partial charge < -0.3 is 38.3 Å². The van der Waals surface area contributed by atoms with Gasteiger partial charge in [-0.2, -0.15) is 0 Å². The summed E-state index contributed by atoms with van der Waals surface area (Å²) in [5.74, 6) is -3.95. The Kier molecular flexibility index (Phi) is 12.2. The Bertz CT molecular complexity index is 599. The molecule has 0 radical (unpaired) electrons. The number of rotatable bonds is 14. The highest BCUT2D eigenvalue weighted by Crippen LogP contribution is 2.01. The molecule has 10 N–H and O–H groups in total. The molecule has 0 saturated carbocycles. The lowest BCUT2D eigenvalue weighted by molar-refractivity contribution is -0.142. The van der Waals surface area contributed by atoms with Crippen LogP contribution < -0.4 is 33.2 Å². The minimum Gasteiger partial charge on any atom is -0.480 e. The van der Waals surface area contributed by atoms with Crippen molar-refractivity contribution in [2.45, 2.75) is 70.1 Å². The second kappa shape index (κ2) is 13.4. The van der Waals surface area contributed by atoms with E-state index in [2.05, 4.69) is 16.0 Å². The molecule has 0 aromatic heterocycles. The van der Waals surface area contributed by atoms with E-state index in [0.29, 0.717) is 19.4 Å². The van der Waals surface area contributed by atoms with E-state index in [1.165, 1.54) is 13.8 Å². The summed E-state index contributed by atoms with van der Waals surface area (Å²) in [6, 6.07) is -4.21. The van der Waals surface area contributed by atoms with E-state index in [-0.39, 0.29) is 12.8 Å². The number of carboxylic acids is 1. The average molecular weight is 416 g/mol. The van der Waals surface area contributed by atoms with Crippen molar-refractivity contribution >= 4 is 29.6 Å². The number of nitrogens with two attached hydrogens (primary N) is 3. The lowest BCUT2D eigenvalue weighted by atomic mass is 10.1. The molecule has 12 nitrogen and oxygen atoms in total. The normalized spacial score (nSPS) is 14.8. The molecule has 12 heteroatoms. The van der Waals surface area contributed by atoms with Crippen molar-refractivity contribution in [1.82, 2.24) is 16.0 Å². The highest BCUT2D eigenvalue weighted by atomic mass is 16.4. The van der Waals surface area contributed by atoms with Crippen molar-refractivity contribution in [3.05, 3.63) is 0 Å². The Labute approximate surface area is 169 Å². The SMILES string of the molecule is CC(NC(=O)C(CCC(N)=O)NC(=O)C(C)NC(=O)C(N)CCCCN)C(=O)O. The molecule has 0 aliphatic heterocycles. The summed E-state index contributed by atoms with van der Waals surface area (Å²) in [7, 11) is 0. The summed E-state index contributed by atoms with van der Waals surface area (Å²) in [4.78, 5) is 58.5.